The SMILES string of the molecule is Cc1ccc(-c2nn(C3CCCCC3)cc2N)o1. The Bertz CT molecular complexity index is 535. The average Bonchev–Trinajstić information content (AvgIpc) is 2.97. The molecule has 96 valence electrons. The van der Waals surface area contributed by atoms with Gasteiger partial charge in [0.05, 0.1) is 11.7 Å². The number of hydrogen-bond donors (Lipinski definition) is 1. The quantitative estimate of drug-likeness (QED) is 0.880. The topological polar surface area (TPSA) is 57.0 Å². The normalized spacial score (nSPS) is 17.2. The highest BCUT2D eigenvalue weighted by Crippen LogP contribution is 2.32. The van der Waals surface area contributed by atoms with Crippen molar-refractivity contribution >= 4 is 5.69 Å². The van der Waals surface area contributed by atoms with Gasteiger partial charge in [0.2, 0.25) is 0 Å². The number of aromatic nitrogens is 2. The van der Waals surface area contributed by atoms with E-state index in [0.717, 1.165) is 17.2 Å². The Morgan fingerprint density at radius 2 is 2.06 bits per heavy atom. The predicted octanol–water partition coefficient (Wildman–Crippen LogP) is 3.54. The first-order chi connectivity index (χ1) is 8.74. The molecule has 0 aromatic carbocycles. The van der Waals surface area contributed by atoms with Crippen LogP contribution in [0.1, 0.15) is 43.9 Å². The molecule has 4 heteroatoms. The first-order valence-corrected chi connectivity index (χ1v) is 6.65. The zero-order valence-electron chi connectivity index (χ0n) is 10.7. The maximum atomic E-state index is 6.05. The van der Waals surface area contributed by atoms with Crippen LogP contribution in [0.15, 0.2) is 22.7 Å². The van der Waals surface area contributed by atoms with E-state index in [0.29, 0.717) is 11.7 Å². The number of furan rings is 1. The minimum absolute atomic E-state index is 0.505. The van der Waals surface area contributed by atoms with Gasteiger partial charge in [-0.2, -0.15) is 5.10 Å². The summed E-state index contributed by atoms with van der Waals surface area (Å²) in [6.07, 6.45) is 8.29. The zero-order valence-corrected chi connectivity index (χ0v) is 10.7. The van der Waals surface area contributed by atoms with E-state index in [9.17, 15) is 0 Å². The Balaban J connectivity index is 1.90. The van der Waals surface area contributed by atoms with Crippen molar-refractivity contribution < 1.29 is 4.42 Å². The van der Waals surface area contributed by atoms with Gasteiger partial charge in [-0.05, 0) is 31.9 Å². The Labute approximate surface area is 107 Å². The lowest BCUT2D eigenvalue weighted by atomic mass is 9.96. The molecule has 3 rings (SSSR count). The Hall–Kier alpha value is -1.71. The second kappa shape index (κ2) is 4.52. The molecule has 0 aliphatic heterocycles. The molecule has 0 amide bonds. The molecule has 1 aliphatic rings. The third-order valence-electron chi connectivity index (χ3n) is 3.68. The van der Waals surface area contributed by atoms with Crippen LogP contribution in [0, 0.1) is 6.92 Å². The largest absolute Gasteiger partial charge is 0.460 e. The van der Waals surface area contributed by atoms with Crippen LogP contribution in [-0.4, -0.2) is 9.78 Å². The van der Waals surface area contributed by atoms with E-state index < -0.39 is 0 Å². The number of aryl methyl sites for hydroxylation is 1. The maximum absolute atomic E-state index is 6.05. The average molecular weight is 245 g/mol. The van der Waals surface area contributed by atoms with Crippen molar-refractivity contribution in [1.29, 1.82) is 0 Å². The van der Waals surface area contributed by atoms with Crippen LogP contribution in [0.4, 0.5) is 5.69 Å². The smallest absolute Gasteiger partial charge is 0.156 e. The van der Waals surface area contributed by atoms with E-state index >= 15 is 0 Å². The van der Waals surface area contributed by atoms with Crippen molar-refractivity contribution in [3.05, 3.63) is 24.1 Å². The number of nitrogens with zero attached hydrogens (tertiary/aromatic N) is 2. The Morgan fingerprint density at radius 3 is 2.72 bits per heavy atom. The second-order valence-electron chi connectivity index (χ2n) is 5.12. The van der Waals surface area contributed by atoms with Crippen LogP contribution in [0.3, 0.4) is 0 Å². The molecule has 1 aliphatic carbocycles. The fourth-order valence-electron chi connectivity index (χ4n) is 2.69. The summed E-state index contributed by atoms with van der Waals surface area (Å²) in [5, 5.41) is 4.61. The highest BCUT2D eigenvalue weighted by atomic mass is 16.3. The van der Waals surface area contributed by atoms with E-state index in [1.54, 1.807) is 0 Å². The summed E-state index contributed by atoms with van der Waals surface area (Å²) in [4.78, 5) is 0. The molecule has 18 heavy (non-hydrogen) atoms. The summed E-state index contributed by atoms with van der Waals surface area (Å²) in [6.45, 7) is 1.93. The van der Waals surface area contributed by atoms with Crippen molar-refractivity contribution in [2.45, 2.75) is 45.1 Å². The molecule has 1 saturated carbocycles. The van der Waals surface area contributed by atoms with Crippen LogP contribution < -0.4 is 5.73 Å². The molecular formula is C14H19N3O. The van der Waals surface area contributed by atoms with Gasteiger partial charge < -0.3 is 10.2 Å². The van der Waals surface area contributed by atoms with E-state index in [-0.39, 0.29) is 0 Å². The van der Waals surface area contributed by atoms with Gasteiger partial charge in [0.1, 0.15) is 5.76 Å². The Morgan fingerprint density at radius 1 is 1.28 bits per heavy atom. The molecule has 1 fully saturated rings. The molecule has 0 spiro atoms. The lowest BCUT2D eigenvalue weighted by molar-refractivity contribution is 0.329. The molecule has 2 N–H and O–H groups in total. The van der Waals surface area contributed by atoms with Gasteiger partial charge in [0, 0.05) is 6.20 Å². The molecule has 2 aromatic heterocycles. The standard InChI is InChI=1S/C14H19N3O/c1-10-7-8-13(18-10)14-12(15)9-17(16-14)11-5-3-2-4-6-11/h7-9,11H,2-6,15H2,1H3. The maximum Gasteiger partial charge on any atom is 0.156 e. The van der Waals surface area contributed by atoms with Crippen LogP contribution >= 0.6 is 0 Å². The van der Waals surface area contributed by atoms with Crippen LogP contribution in [0.25, 0.3) is 11.5 Å². The van der Waals surface area contributed by atoms with Crippen LogP contribution in [-0.2, 0) is 0 Å². The second-order valence-corrected chi connectivity index (χ2v) is 5.12. The monoisotopic (exact) mass is 245 g/mol. The molecule has 0 saturated heterocycles. The Kier molecular flexibility index (Phi) is 2.86. The van der Waals surface area contributed by atoms with E-state index in [1.165, 1.54) is 32.1 Å². The summed E-state index contributed by atoms with van der Waals surface area (Å²) in [5.41, 5.74) is 7.52. The minimum atomic E-state index is 0.505. The molecule has 0 radical (unpaired) electrons. The predicted molar refractivity (Wildman–Crippen MR) is 71.2 cm³/mol. The number of hydrogen-bond acceptors (Lipinski definition) is 3. The van der Waals surface area contributed by atoms with Gasteiger partial charge >= 0.3 is 0 Å². The summed E-state index contributed by atoms with van der Waals surface area (Å²) < 4.78 is 7.62. The summed E-state index contributed by atoms with van der Waals surface area (Å²) in [7, 11) is 0. The first-order valence-electron chi connectivity index (χ1n) is 6.65. The first kappa shape index (κ1) is 11.4. The van der Waals surface area contributed by atoms with Gasteiger partial charge in [0.15, 0.2) is 11.5 Å². The van der Waals surface area contributed by atoms with Crippen molar-refractivity contribution in [2.24, 2.45) is 0 Å². The van der Waals surface area contributed by atoms with Gasteiger partial charge in [-0.15, -0.1) is 0 Å². The minimum Gasteiger partial charge on any atom is -0.460 e. The van der Waals surface area contributed by atoms with Gasteiger partial charge in [-0.25, -0.2) is 0 Å². The van der Waals surface area contributed by atoms with Gasteiger partial charge in [-0.3, -0.25) is 4.68 Å². The summed E-state index contributed by atoms with van der Waals surface area (Å²) in [5.74, 6) is 1.65. The fourth-order valence-corrected chi connectivity index (χ4v) is 2.69. The molecule has 4 nitrogen and oxygen atoms in total. The summed E-state index contributed by atoms with van der Waals surface area (Å²) >= 11 is 0. The number of nitrogens with two attached hydrogens (primary N) is 1. The molecule has 2 aromatic rings. The summed E-state index contributed by atoms with van der Waals surface area (Å²) in [6, 6.07) is 4.37. The van der Waals surface area contributed by atoms with Crippen LogP contribution in [0.2, 0.25) is 0 Å². The van der Waals surface area contributed by atoms with Crippen molar-refractivity contribution in [1.82, 2.24) is 9.78 Å². The molecular weight excluding hydrogens is 226 g/mol. The number of nitrogen functional groups attached to an aromatic ring is 1. The third-order valence-corrected chi connectivity index (χ3v) is 3.68. The van der Waals surface area contributed by atoms with E-state index in [1.807, 2.05) is 29.9 Å². The third kappa shape index (κ3) is 2.03. The van der Waals surface area contributed by atoms with Crippen molar-refractivity contribution in [3.63, 3.8) is 0 Å². The van der Waals surface area contributed by atoms with Crippen molar-refractivity contribution in [3.8, 4) is 11.5 Å². The molecule has 0 bridgehead atoms. The lowest BCUT2D eigenvalue weighted by Crippen LogP contribution is -2.13. The van der Waals surface area contributed by atoms with Crippen LogP contribution in [0.5, 0.6) is 0 Å². The van der Waals surface area contributed by atoms with E-state index in [4.69, 9.17) is 10.2 Å². The fraction of sp³-hybridized carbons (Fsp3) is 0.500. The van der Waals surface area contributed by atoms with Gasteiger partial charge in [-0.1, -0.05) is 19.3 Å². The number of anilines is 1. The van der Waals surface area contributed by atoms with E-state index in [2.05, 4.69) is 5.10 Å². The number of rotatable bonds is 2. The molecule has 0 atom stereocenters. The lowest BCUT2D eigenvalue weighted by Gasteiger charge is -2.21. The van der Waals surface area contributed by atoms with Gasteiger partial charge in [0.25, 0.3) is 0 Å². The highest BCUT2D eigenvalue weighted by Gasteiger charge is 2.19. The molecule has 2 heterocycles. The zero-order chi connectivity index (χ0) is 12.5. The highest BCUT2D eigenvalue weighted by molar-refractivity contribution is 5.67. The molecule has 0 unspecified atom stereocenters. The van der Waals surface area contributed by atoms with Crippen molar-refractivity contribution in [2.75, 3.05) is 5.73 Å².